The smallest absolute Gasteiger partial charge is 0.341 e. The molecule has 23 heavy (non-hydrogen) atoms. The van der Waals surface area contributed by atoms with E-state index in [1.165, 1.54) is 19.0 Å². The number of fused-ring (bicyclic) bond motifs is 1. The quantitative estimate of drug-likeness (QED) is 0.926. The molecule has 1 saturated heterocycles. The summed E-state index contributed by atoms with van der Waals surface area (Å²) in [6.45, 7) is 3.45. The summed E-state index contributed by atoms with van der Waals surface area (Å²) in [5.41, 5.74) is 1.61. The molecule has 0 atom stereocenters. The molecule has 2 aromatic rings. The molecule has 0 bridgehead atoms. The lowest BCUT2D eigenvalue weighted by Crippen LogP contribution is -2.49. The number of hydrogen-bond acceptors (Lipinski definition) is 5. The lowest BCUT2D eigenvalue weighted by atomic mass is 9.99. The van der Waals surface area contributed by atoms with Crippen LogP contribution in [0.5, 0.6) is 0 Å². The number of carbonyl (C=O) groups is 1. The van der Waals surface area contributed by atoms with Crippen molar-refractivity contribution < 1.29 is 14.6 Å². The first-order valence-corrected chi connectivity index (χ1v) is 8.07. The molecule has 1 aliphatic heterocycles. The van der Waals surface area contributed by atoms with E-state index in [0.717, 1.165) is 44.6 Å². The number of aromatic nitrogens is 3. The Morgan fingerprint density at radius 3 is 2.96 bits per heavy atom. The number of carboxylic acid groups (broad SMARTS) is 1. The molecule has 7 nitrogen and oxygen atoms in total. The van der Waals surface area contributed by atoms with Crippen molar-refractivity contribution in [3.63, 3.8) is 0 Å². The molecule has 1 aliphatic carbocycles. The third kappa shape index (κ3) is 2.70. The number of rotatable bonds is 3. The Kier molecular flexibility index (Phi) is 3.54. The van der Waals surface area contributed by atoms with Crippen molar-refractivity contribution in [2.45, 2.75) is 37.8 Å². The van der Waals surface area contributed by atoms with Gasteiger partial charge in [0.2, 0.25) is 0 Å². The summed E-state index contributed by atoms with van der Waals surface area (Å²) in [6.07, 6.45) is 9.78. The molecule has 2 aliphatic rings. The highest BCUT2D eigenvalue weighted by atomic mass is 16.5. The zero-order chi connectivity index (χ0) is 15.9. The minimum atomic E-state index is -1.00. The molecule has 1 spiro atoms. The van der Waals surface area contributed by atoms with Crippen LogP contribution in [0.4, 0.5) is 0 Å². The van der Waals surface area contributed by atoms with Crippen molar-refractivity contribution >= 4 is 11.6 Å². The van der Waals surface area contributed by atoms with Gasteiger partial charge in [-0.3, -0.25) is 4.90 Å². The third-order valence-electron chi connectivity index (χ3n) is 4.89. The van der Waals surface area contributed by atoms with Crippen LogP contribution in [0, 0.1) is 0 Å². The van der Waals surface area contributed by atoms with Gasteiger partial charge < -0.3 is 9.84 Å². The molecular formula is C16H20N4O3. The first kappa shape index (κ1) is 14.6. The van der Waals surface area contributed by atoms with Crippen molar-refractivity contribution in [1.29, 1.82) is 0 Å². The van der Waals surface area contributed by atoms with Gasteiger partial charge in [-0.1, -0.05) is 12.8 Å². The minimum absolute atomic E-state index is 0.0535. The van der Waals surface area contributed by atoms with Crippen LogP contribution in [0.2, 0.25) is 0 Å². The third-order valence-corrected chi connectivity index (χ3v) is 4.89. The number of ether oxygens (including phenoxy) is 1. The molecule has 0 radical (unpaired) electrons. The predicted octanol–water partition coefficient (Wildman–Crippen LogP) is 1.57. The molecule has 122 valence electrons. The van der Waals surface area contributed by atoms with Crippen molar-refractivity contribution in [3.05, 3.63) is 29.7 Å². The number of carboxylic acids is 1. The van der Waals surface area contributed by atoms with Gasteiger partial charge in [0.25, 0.3) is 0 Å². The van der Waals surface area contributed by atoms with E-state index in [9.17, 15) is 4.79 Å². The topological polar surface area (TPSA) is 80.0 Å². The van der Waals surface area contributed by atoms with Crippen LogP contribution in [0.1, 0.15) is 41.6 Å². The molecule has 1 N–H and O–H groups in total. The maximum absolute atomic E-state index is 11.1. The number of hydrogen-bond donors (Lipinski definition) is 1. The second-order valence-corrected chi connectivity index (χ2v) is 6.54. The molecule has 2 fully saturated rings. The molecule has 0 amide bonds. The van der Waals surface area contributed by atoms with Crippen LogP contribution in [-0.4, -0.2) is 55.9 Å². The van der Waals surface area contributed by atoms with Gasteiger partial charge in [-0.05, 0) is 12.8 Å². The van der Waals surface area contributed by atoms with Crippen molar-refractivity contribution in [1.82, 2.24) is 19.5 Å². The lowest BCUT2D eigenvalue weighted by molar-refractivity contribution is -0.107. The van der Waals surface area contributed by atoms with E-state index >= 15 is 0 Å². The first-order valence-electron chi connectivity index (χ1n) is 8.07. The normalized spacial score (nSPS) is 21.2. The fourth-order valence-electron chi connectivity index (χ4n) is 3.78. The summed E-state index contributed by atoms with van der Waals surface area (Å²) < 4.78 is 7.60. The highest BCUT2D eigenvalue weighted by molar-refractivity contribution is 5.93. The van der Waals surface area contributed by atoms with Gasteiger partial charge in [-0.15, -0.1) is 0 Å². The minimum Gasteiger partial charge on any atom is -0.477 e. The number of morpholine rings is 1. The average Bonchev–Trinajstić information content (AvgIpc) is 3.14. The SMILES string of the molecule is O=C(O)c1cnn2cc(CN3CCOC4(CCCC4)C3)cnc12. The van der Waals surface area contributed by atoms with Gasteiger partial charge in [0, 0.05) is 37.6 Å². The second kappa shape index (κ2) is 5.58. The Labute approximate surface area is 133 Å². The Morgan fingerprint density at radius 1 is 1.35 bits per heavy atom. The molecule has 0 unspecified atom stereocenters. The van der Waals surface area contributed by atoms with Gasteiger partial charge in [-0.2, -0.15) is 5.10 Å². The fourth-order valence-corrected chi connectivity index (χ4v) is 3.78. The Balaban J connectivity index is 1.52. The fraction of sp³-hybridized carbons (Fsp3) is 0.562. The van der Waals surface area contributed by atoms with Crippen LogP contribution in [0.25, 0.3) is 5.65 Å². The summed E-state index contributed by atoms with van der Waals surface area (Å²) in [7, 11) is 0. The number of aromatic carboxylic acids is 1. The average molecular weight is 316 g/mol. The molecule has 0 aromatic carbocycles. The van der Waals surface area contributed by atoms with Crippen molar-refractivity contribution in [2.24, 2.45) is 0 Å². The summed E-state index contributed by atoms with van der Waals surface area (Å²) in [4.78, 5) is 17.8. The van der Waals surface area contributed by atoms with Crippen LogP contribution < -0.4 is 0 Å². The second-order valence-electron chi connectivity index (χ2n) is 6.54. The molecule has 2 aromatic heterocycles. The highest BCUT2D eigenvalue weighted by Gasteiger charge is 2.39. The van der Waals surface area contributed by atoms with Gasteiger partial charge in [-0.25, -0.2) is 14.3 Å². The lowest BCUT2D eigenvalue weighted by Gasteiger charge is -2.40. The molecule has 3 heterocycles. The zero-order valence-corrected chi connectivity index (χ0v) is 12.9. The predicted molar refractivity (Wildman–Crippen MR) is 82.4 cm³/mol. The van der Waals surface area contributed by atoms with E-state index in [0.29, 0.717) is 5.65 Å². The summed E-state index contributed by atoms with van der Waals surface area (Å²) in [6, 6.07) is 0. The Hall–Kier alpha value is -1.99. The van der Waals surface area contributed by atoms with Crippen LogP contribution in [-0.2, 0) is 11.3 Å². The van der Waals surface area contributed by atoms with Gasteiger partial charge in [0.1, 0.15) is 5.56 Å². The van der Waals surface area contributed by atoms with Gasteiger partial charge in [0.05, 0.1) is 18.4 Å². The van der Waals surface area contributed by atoms with Crippen LogP contribution in [0.15, 0.2) is 18.6 Å². The van der Waals surface area contributed by atoms with E-state index in [1.807, 2.05) is 6.20 Å². The highest BCUT2D eigenvalue weighted by Crippen LogP contribution is 2.36. The summed E-state index contributed by atoms with van der Waals surface area (Å²) in [5, 5.41) is 13.2. The van der Waals surface area contributed by atoms with E-state index < -0.39 is 5.97 Å². The van der Waals surface area contributed by atoms with E-state index in [4.69, 9.17) is 9.84 Å². The largest absolute Gasteiger partial charge is 0.477 e. The maximum atomic E-state index is 11.1. The molecule has 7 heteroatoms. The van der Waals surface area contributed by atoms with E-state index in [-0.39, 0.29) is 11.2 Å². The molecule has 4 rings (SSSR count). The Morgan fingerprint density at radius 2 is 2.17 bits per heavy atom. The summed E-state index contributed by atoms with van der Waals surface area (Å²) >= 11 is 0. The van der Waals surface area contributed by atoms with Crippen LogP contribution in [0.3, 0.4) is 0 Å². The molecular weight excluding hydrogens is 296 g/mol. The standard InChI is InChI=1S/C16H20N4O3/c21-15(22)13-8-18-20-10-12(7-17-14(13)20)9-19-5-6-23-16(11-19)3-1-2-4-16/h7-8,10H,1-6,9,11H2,(H,21,22). The zero-order valence-electron chi connectivity index (χ0n) is 12.9. The van der Waals surface area contributed by atoms with E-state index in [1.54, 1.807) is 10.7 Å². The van der Waals surface area contributed by atoms with Gasteiger partial charge in [0.15, 0.2) is 5.65 Å². The first-order chi connectivity index (χ1) is 11.2. The molecule has 1 saturated carbocycles. The van der Waals surface area contributed by atoms with Crippen molar-refractivity contribution in [3.8, 4) is 0 Å². The summed E-state index contributed by atoms with van der Waals surface area (Å²) in [5.74, 6) is -1.00. The Bertz CT molecular complexity index is 736. The maximum Gasteiger partial charge on any atom is 0.341 e. The van der Waals surface area contributed by atoms with Crippen molar-refractivity contribution in [2.75, 3.05) is 19.7 Å². The van der Waals surface area contributed by atoms with Gasteiger partial charge >= 0.3 is 5.97 Å². The van der Waals surface area contributed by atoms with E-state index in [2.05, 4.69) is 15.0 Å². The number of nitrogens with zero attached hydrogens (tertiary/aromatic N) is 4. The monoisotopic (exact) mass is 316 g/mol. The van der Waals surface area contributed by atoms with Crippen LogP contribution >= 0.6 is 0 Å².